The van der Waals surface area contributed by atoms with Crippen molar-refractivity contribution >= 4 is 28.2 Å². The highest BCUT2D eigenvalue weighted by atomic mass is 32.2. The SMILES string of the molecule is C[S+](=O)(CC(=O)c1ccc(Cc2ccccc2)cc1)c1ccccc1.Fc1c(F)c(F)c([B-](F)(F)F)c(F)c1F. The van der Waals surface area contributed by atoms with Crippen LogP contribution < -0.4 is 5.46 Å². The van der Waals surface area contributed by atoms with Crippen LogP contribution in [0.1, 0.15) is 21.5 Å². The van der Waals surface area contributed by atoms with E-state index in [0.717, 1.165) is 16.9 Å². The van der Waals surface area contributed by atoms with Crippen molar-refractivity contribution in [2.45, 2.75) is 11.3 Å². The summed E-state index contributed by atoms with van der Waals surface area (Å²) in [5.74, 6) is -13.6. The van der Waals surface area contributed by atoms with Crippen molar-refractivity contribution in [3.63, 3.8) is 0 Å². The van der Waals surface area contributed by atoms with Gasteiger partial charge in [-0.3, -0.25) is 4.79 Å². The number of Topliss-reactive ketones (excluding diaryl/α,β-unsaturated/α-hetero) is 1. The van der Waals surface area contributed by atoms with Crippen molar-refractivity contribution in [2.75, 3.05) is 12.0 Å². The molecule has 0 spiro atoms. The molecule has 0 bridgehead atoms. The van der Waals surface area contributed by atoms with E-state index in [4.69, 9.17) is 0 Å². The third-order valence-electron chi connectivity index (χ3n) is 5.75. The molecule has 4 rings (SSSR count). The van der Waals surface area contributed by atoms with Crippen LogP contribution in [0.25, 0.3) is 0 Å². The lowest BCUT2D eigenvalue weighted by Crippen LogP contribution is -2.41. The molecule has 0 aromatic heterocycles. The molecule has 1 atom stereocenters. The molecule has 4 aromatic rings. The molecule has 40 heavy (non-hydrogen) atoms. The molecule has 12 heteroatoms. The van der Waals surface area contributed by atoms with Crippen LogP contribution in [0.5, 0.6) is 0 Å². The molecular formula is C28H21BF8O2S. The highest BCUT2D eigenvalue weighted by molar-refractivity contribution is 8.03. The maximum Gasteiger partial charge on any atom is 0.515 e. The molecule has 0 aliphatic carbocycles. The zero-order chi connectivity index (χ0) is 29.7. The summed E-state index contributed by atoms with van der Waals surface area (Å²) in [7, 11) is -2.37. The number of rotatable bonds is 7. The van der Waals surface area contributed by atoms with Crippen molar-refractivity contribution in [1.29, 1.82) is 0 Å². The van der Waals surface area contributed by atoms with Crippen molar-refractivity contribution < 1.29 is 43.9 Å². The highest BCUT2D eigenvalue weighted by Crippen LogP contribution is 2.22. The minimum absolute atomic E-state index is 0.0368. The van der Waals surface area contributed by atoms with Gasteiger partial charge in [-0.25, -0.2) is 22.0 Å². The van der Waals surface area contributed by atoms with E-state index in [-0.39, 0.29) is 11.5 Å². The molecule has 0 fully saturated rings. The van der Waals surface area contributed by atoms with Gasteiger partial charge < -0.3 is 12.9 Å². The van der Waals surface area contributed by atoms with Crippen molar-refractivity contribution in [2.24, 2.45) is 0 Å². The molecule has 0 saturated heterocycles. The Balaban J connectivity index is 0.000000252. The Kier molecular flexibility index (Phi) is 9.67. The number of hydrogen-bond acceptors (Lipinski definition) is 2. The Bertz CT molecular complexity index is 1500. The zero-order valence-electron chi connectivity index (χ0n) is 20.8. The molecule has 2 nitrogen and oxygen atoms in total. The predicted molar refractivity (Wildman–Crippen MR) is 139 cm³/mol. The Labute approximate surface area is 226 Å². The summed E-state index contributed by atoms with van der Waals surface area (Å²) >= 11 is 0. The van der Waals surface area contributed by atoms with E-state index < -0.39 is 51.5 Å². The van der Waals surface area contributed by atoms with E-state index in [0.29, 0.717) is 5.56 Å². The van der Waals surface area contributed by atoms with E-state index in [1.807, 2.05) is 72.8 Å². The fourth-order valence-corrected chi connectivity index (χ4v) is 5.24. The molecule has 0 aliphatic heterocycles. The average Bonchev–Trinajstić information content (AvgIpc) is 2.92. The summed E-state index contributed by atoms with van der Waals surface area (Å²) in [6, 6.07) is 27.1. The Hall–Kier alpha value is -3.80. The van der Waals surface area contributed by atoms with Crippen LogP contribution in [0.3, 0.4) is 0 Å². The molecular weight excluding hydrogens is 563 g/mol. The number of carbonyl (C=O) groups is 1. The summed E-state index contributed by atoms with van der Waals surface area (Å²) in [6.07, 6.45) is 2.49. The lowest BCUT2D eigenvalue weighted by Gasteiger charge is -2.17. The molecule has 1 unspecified atom stereocenters. The fourth-order valence-electron chi connectivity index (χ4n) is 3.67. The summed E-state index contributed by atoms with van der Waals surface area (Å²) < 4.78 is 110. The van der Waals surface area contributed by atoms with Gasteiger partial charge in [0.2, 0.25) is 5.78 Å². The standard InChI is InChI=1S/C22H21O2S.C6BF8/c1-25(24,21-10-6-3-7-11-21)17-22(23)20-14-12-19(13-15-20)16-18-8-4-2-5-9-18;8-2-1(7(13,14)15)3(9)5(11)6(12)4(2)10/h2-15H,16-17H2,1H3;/q+1;-1. The van der Waals surface area contributed by atoms with Gasteiger partial charge in [-0.05, 0) is 35.1 Å². The molecule has 0 radical (unpaired) electrons. The summed E-state index contributed by atoms with van der Waals surface area (Å²) in [6.45, 7) is -6.30. The van der Waals surface area contributed by atoms with Gasteiger partial charge >= 0.3 is 6.98 Å². The molecule has 4 aromatic carbocycles. The third kappa shape index (κ3) is 7.44. The summed E-state index contributed by atoms with van der Waals surface area (Å²) in [4.78, 5) is 13.3. The smallest absolute Gasteiger partial charge is 0.445 e. The first-order valence-electron chi connectivity index (χ1n) is 11.6. The quantitative estimate of drug-likeness (QED) is 0.0581. The van der Waals surface area contributed by atoms with E-state index in [9.17, 15) is 43.9 Å². The van der Waals surface area contributed by atoms with E-state index in [2.05, 4.69) is 12.1 Å². The van der Waals surface area contributed by atoms with Gasteiger partial charge in [0.1, 0.15) is 27.8 Å². The van der Waals surface area contributed by atoms with Crippen LogP contribution in [0.15, 0.2) is 89.8 Å². The Morgan fingerprint density at radius 1 is 0.650 bits per heavy atom. The molecule has 0 N–H and O–H groups in total. The average molecular weight is 584 g/mol. The van der Waals surface area contributed by atoms with Gasteiger partial charge in [-0.1, -0.05) is 77.0 Å². The topological polar surface area (TPSA) is 34.1 Å². The lowest BCUT2D eigenvalue weighted by molar-refractivity contribution is 0.102. The molecule has 0 aliphatic rings. The molecule has 0 heterocycles. The van der Waals surface area contributed by atoms with E-state index >= 15 is 0 Å². The normalized spacial score (nSPS) is 12.7. The minimum Gasteiger partial charge on any atom is -0.445 e. The van der Waals surface area contributed by atoms with Crippen molar-refractivity contribution in [3.05, 3.63) is 131 Å². The van der Waals surface area contributed by atoms with Gasteiger partial charge in [0.15, 0.2) is 28.1 Å². The first-order chi connectivity index (χ1) is 18.7. The minimum atomic E-state index is -6.30. The van der Waals surface area contributed by atoms with Gasteiger partial charge in [0.25, 0.3) is 0 Å². The van der Waals surface area contributed by atoms with Crippen LogP contribution >= 0.6 is 0 Å². The van der Waals surface area contributed by atoms with Crippen molar-refractivity contribution in [1.82, 2.24) is 0 Å². The Morgan fingerprint density at radius 2 is 1.07 bits per heavy atom. The molecule has 210 valence electrons. The monoisotopic (exact) mass is 584 g/mol. The summed E-state index contributed by atoms with van der Waals surface area (Å²) in [5.41, 5.74) is 0.277. The van der Waals surface area contributed by atoms with E-state index in [1.165, 1.54) is 5.56 Å². The maximum atomic E-state index is 12.9. The van der Waals surface area contributed by atoms with Crippen LogP contribution in [-0.2, 0) is 20.6 Å². The lowest BCUT2D eigenvalue weighted by atomic mass is 9.79. The second-order valence-corrected chi connectivity index (χ2v) is 11.6. The van der Waals surface area contributed by atoms with Crippen LogP contribution in [0.2, 0.25) is 0 Å². The number of carbonyl (C=O) groups excluding carboxylic acids is 1. The van der Waals surface area contributed by atoms with Crippen LogP contribution in [0, 0.1) is 29.1 Å². The van der Waals surface area contributed by atoms with Crippen LogP contribution in [-0.4, -0.2) is 24.8 Å². The Morgan fingerprint density at radius 3 is 1.55 bits per heavy atom. The van der Waals surface area contributed by atoms with Crippen molar-refractivity contribution in [3.8, 4) is 0 Å². The summed E-state index contributed by atoms with van der Waals surface area (Å²) in [5, 5.41) is 0. The number of ketones is 1. The number of hydrogen-bond donors (Lipinski definition) is 0. The molecule has 0 amide bonds. The van der Waals surface area contributed by atoms with E-state index in [1.54, 1.807) is 6.26 Å². The fraction of sp³-hybridized carbons (Fsp3) is 0.107. The highest BCUT2D eigenvalue weighted by Gasteiger charge is 2.38. The predicted octanol–water partition coefficient (Wildman–Crippen LogP) is 7.09. The van der Waals surface area contributed by atoms with Crippen LogP contribution in [0.4, 0.5) is 34.9 Å². The third-order valence-corrected chi connectivity index (χ3v) is 7.83. The number of halogens is 8. The maximum absolute atomic E-state index is 12.9. The largest absolute Gasteiger partial charge is 0.515 e. The molecule has 0 saturated carbocycles. The van der Waals surface area contributed by atoms with Gasteiger partial charge in [0.05, 0.1) is 0 Å². The van der Waals surface area contributed by atoms with Gasteiger partial charge in [-0.2, -0.15) is 0 Å². The van der Waals surface area contributed by atoms with Gasteiger partial charge in [-0.15, -0.1) is 0 Å². The van der Waals surface area contributed by atoms with Gasteiger partial charge in [0, 0.05) is 5.56 Å². The first kappa shape index (κ1) is 30.7. The zero-order valence-corrected chi connectivity index (χ0v) is 21.6. The number of benzene rings is 4. The first-order valence-corrected chi connectivity index (χ1v) is 13.7. The second-order valence-electron chi connectivity index (χ2n) is 8.80. The second kappa shape index (κ2) is 12.6.